The number of rotatable bonds is 7. The van der Waals surface area contributed by atoms with Gasteiger partial charge in [-0.1, -0.05) is 23.7 Å². The van der Waals surface area contributed by atoms with E-state index in [1.165, 1.54) is 10.5 Å². The lowest BCUT2D eigenvalue weighted by molar-refractivity contribution is -0.138. The van der Waals surface area contributed by atoms with Gasteiger partial charge >= 0.3 is 0 Å². The highest BCUT2D eigenvalue weighted by molar-refractivity contribution is 6.30. The first-order valence-corrected chi connectivity index (χ1v) is 9.94. The summed E-state index contributed by atoms with van der Waals surface area (Å²) in [4.78, 5) is 24.6. The first kappa shape index (κ1) is 19.3. The topological polar surface area (TPSA) is 75.4 Å². The first-order valence-electron chi connectivity index (χ1n) is 9.57. The lowest BCUT2D eigenvalue weighted by Crippen LogP contribution is -2.44. The average molecular weight is 378 g/mol. The Kier molecular flexibility index (Phi) is 6.33. The average Bonchev–Trinajstić information content (AvgIpc) is 2.97. The lowest BCUT2D eigenvalue weighted by Gasteiger charge is -2.40. The number of halogens is 1. The van der Waals surface area contributed by atoms with Gasteiger partial charge < -0.3 is 11.1 Å². The molecule has 0 aromatic heterocycles. The van der Waals surface area contributed by atoms with E-state index < -0.39 is 0 Å². The molecule has 0 bridgehead atoms. The van der Waals surface area contributed by atoms with Crippen molar-refractivity contribution in [1.29, 1.82) is 0 Å². The van der Waals surface area contributed by atoms with E-state index in [2.05, 4.69) is 11.4 Å². The molecule has 1 aliphatic heterocycles. The van der Waals surface area contributed by atoms with E-state index in [0.29, 0.717) is 32.0 Å². The molecule has 1 aromatic rings. The van der Waals surface area contributed by atoms with Gasteiger partial charge in [0.2, 0.25) is 11.8 Å². The third-order valence-corrected chi connectivity index (χ3v) is 6.15. The van der Waals surface area contributed by atoms with Crippen molar-refractivity contribution in [2.45, 2.75) is 56.4 Å². The molecule has 0 unspecified atom stereocenters. The van der Waals surface area contributed by atoms with E-state index in [1.807, 2.05) is 18.2 Å². The molecule has 2 fully saturated rings. The Morgan fingerprint density at radius 3 is 2.50 bits per heavy atom. The molecule has 0 radical (unpaired) electrons. The second-order valence-electron chi connectivity index (χ2n) is 7.52. The maximum Gasteiger partial charge on any atom is 0.229 e. The Balaban J connectivity index is 1.44. The minimum atomic E-state index is -0.0260. The van der Waals surface area contributed by atoms with Gasteiger partial charge in [-0.3, -0.25) is 14.5 Å². The van der Waals surface area contributed by atoms with Crippen molar-refractivity contribution in [3.63, 3.8) is 0 Å². The van der Waals surface area contributed by atoms with Crippen LogP contribution in [0.1, 0.15) is 50.5 Å². The third-order valence-electron chi connectivity index (χ3n) is 5.92. The number of nitrogens with one attached hydrogen (secondary N) is 1. The maximum absolute atomic E-state index is 11.6. The van der Waals surface area contributed by atoms with Crippen LogP contribution in [0.3, 0.4) is 0 Å². The highest BCUT2D eigenvalue weighted by Crippen LogP contribution is 2.39. The highest BCUT2D eigenvalue weighted by atomic mass is 35.5. The monoisotopic (exact) mass is 377 g/mol. The molecule has 1 aliphatic carbocycles. The van der Waals surface area contributed by atoms with Crippen LogP contribution in [0.15, 0.2) is 24.3 Å². The van der Waals surface area contributed by atoms with E-state index >= 15 is 0 Å². The van der Waals surface area contributed by atoms with Crippen molar-refractivity contribution >= 4 is 23.4 Å². The summed E-state index contributed by atoms with van der Waals surface area (Å²) < 4.78 is 0. The molecule has 5 nitrogen and oxygen atoms in total. The van der Waals surface area contributed by atoms with Gasteiger partial charge in [0.05, 0.1) is 0 Å². The molecular weight excluding hydrogens is 350 g/mol. The number of carbonyl (C=O) groups excluding carboxylic acids is 2. The highest BCUT2D eigenvalue weighted by Gasteiger charge is 2.35. The van der Waals surface area contributed by atoms with E-state index in [1.54, 1.807) is 0 Å². The molecule has 26 heavy (non-hydrogen) atoms. The first-order chi connectivity index (χ1) is 12.5. The number of nitrogens with zero attached hydrogens (tertiary/aromatic N) is 1. The van der Waals surface area contributed by atoms with Gasteiger partial charge in [-0.2, -0.15) is 0 Å². The number of hydrogen-bond acceptors (Lipinski definition) is 4. The van der Waals surface area contributed by atoms with Crippen LogP contribution >= 0.6 is 11.6 Å². The van der Waals surface area contributed by atoms with Gasteiger partial charge in [0, 0.05) is 42.4 Å². The number of imide groups is 1. The summed E-state index contributed by atoms with van der Waals surface area (Å²) >= 11 is 6.17. The second-order valence-corrected chi connectivity index (χ2v) is 7.95. The zero-order valence-electron chi connectivity index (χ0n) is 15.2. The third kappa shape index (κ3) is 4.27. The van der Waals surface area contributed by atoms with Crippen molar-refractivity contribution < 1.29 is 9.59 Å². The van der Waals surface area contributed by atoms with Gasteiger partial charge in [-0.25, -0.2) is 0 Å². The van der Waals surface area contributed by atoms with Gasteiger partial charge in [0.25, 0.3) is 0 Å². The number of benzene rings is 1. The molecule has 1 heterocycles. The van der Waals surface area contributed by atoms with E-state index in [0.717, 1.165) is 43.7 Å². The molecule has 0 spiro atoms. The maximum atomic E-state index is 11.6. The van der Waals surface area contributed by atoms with Crippen molar-refractivity contribution in [3.05, 3.63) is 34.9 Å². The predicted molar refractivity (Wildman–Crippen MR) is 103 cm³/mol. The summed E-state index contributed by atoms with van der Waals surface area (Å²) in [6.07, 6.45) is 5.80. The number of hydrogen-bond donors (Lipinski definition) is 2. The zero-order valence-corrected chi connectivity index (χ0v) is 15.9. The summed E-state index contributed by atoms with van der Waals surface area (Å²) in [6.45, 7) is 2.00. The van der Waals surface area contributed by atoms with Crippen molar-refractivity contribution in [3.8, 4) is 0 Å². The van der Waals surface area contributed by atoms with Crippen LogP contribution in [0.25, 0.3) is 0 Å². The lowest BCUT2D eigenvalue weighted by atomic mass is 9.68. The molecule has 2 aliphatic rings. The molecule has 2 amide bonds. The number of carbonyl (C=O) groups is 2. The van der Waals surface area contributed by atoms with Crippen molar-refractivity contribution in [2.24, 2.45) is 5.73 Å². The van der Waals surface area contributed by atoms with E-state index in [-0.39, 0.29) is 17.2 Å². The Hall–Kier alpha value is -1.43. The van der Waals surface area contributed by atoms with Gasteiger partial charge in [0.15, 0.2) is 0 Å². The molecule has 1 saturated heterocycles. The summed E-state index contributed by atoms with van der Waals surface area (Å²) in [5.74, 6) is -0.0520. The summed E-state index contributed by atoms with van der Waals surface area (Å²) in [5.41, 5.74) is 7.42. The number of amides is 2. The zero-order chi connectivity index (χ0) is 18.6. The fourth-order valence-electron chi connectivity index (χ4n) is 4.22. The molecule has 1 saturated carbocycles. The fourth-order valence-corrected chi connectivity index (χ4v) is 4.41. The largest absolute Gasteiger partial charge is 0.330 e. The Labute approximate surface area is 160 Å². The van der Waals surface area contributed by atoms with Crippen LogP contribution in [0.2, 0.25) is 5.02 Å². The molecule has 0 atom stereocenters. The minimum absolute atomic E-state index is 0.0253. The van der Waals surface area contributed by atoms with Crippen molar-refractivity contribution in [1.82, 2.24) is 10.2 Å². The molecule has 6 heteroatoms. The number of likely N-dealkylation sites (tertiary alicyclic amines) is 1. The quantitative estimate of drug-likeness (QED) is 0.565. The Bertz CT molecular complexity index is 640. The Morgan fingerprint density at radius 2 is 1.88 bits per heavy atom. The molecule has 142 valence electrons. The summed E-state index contributed by atoms with van der Waals surface area (Å²) in [7, 11) is 0. The van der Waals surface area contributed by atoms with Crippen LogP contribution in [0.5, 0.6) is 0 Å². The SMILES string of the molecule is NCC1(c2cccc(Cl)c2)CCC(NCCCN2C(=O)CCC2=O)CC1. The summed E-state index contributed by atoms with van der Waals surface area (Å²) in [5, 5.41) is 4.35. The fraction of sp³-hybridized carbons (Fsp3) is 0.600. The van der Waals surface area contributed by atoms with Crippen LogP contribution < -0.4 is 11.1 Å². The van der Waals surface area contributed by atoms with Crippen LogP contribution in [0, 0.1) is 0 Å². The van der Waals surface area contributed by atoms with E-state index in [9.17, 15) is 9.59 Å². The predicted octanol–water partition coefficient (Wildman–Crippen LogP) is 2.61. The Morgan fingerprint density at radius 1 is 1.19 bits per heavy atom. The standard InChI is InChI=1S/C20H28ClN3O2/c21-16-4-1-3-15(13-16)20(14-22)9-7-17(8-10-20)23-11-2-12-24-18(25)5-6-19(24)26/h1,3-4,13,17,23H,2,5-12,14,22H2. The van der Waals surface area contributed by atoms with Crippen molar-refractivity contribution in [2.75, 3.05) is 19.6 Å². The van der Waals surface area contributed by atoms with Crippen LogP contribution in [0.4, 0.5) is 0 Å². The summed E-state index contributed by atoms with van der Waals surface area (Å²) in [6, 6.07) is 8.56. The van der Waals surface area contributed by atoms with Gasteiger partial charge in [-0.05, 0) is 56.3 Å². The van der Waals surface area contributed by atoms with Crippen LogP contribution in [-0.2, 0) is 15.0 Å². The van der Waals surface area contributed by atoms with E-state index in [4.69, 9.17) is 17.3 Å². The molecule has 1 aromatic carbocycles. The van der Waals surface area contributed by atoms with Gasteiger partial charge in [0.1, 0.15) is 0 Å². The smallest absolute Gasteiger partial charge is 0.229 e. The minimum Gasteiger partial charge on any atom is -0.330 e. The molecule has 3 N–H and O–H groups in total. The molecular formula is C20H28ClN3O2. The second kappa shape index (κ2) is 8.51. The molecule has 3 rings (SSSR count). The normalized spacial score (nSPS) is 26.5. The number of nitrogens with two attached hydrogens (primary N) is 1. The van der Waals surface area contributed by atoms with Gasteiger partial charge in [-0.15, -0.1) is 0 Å². The van der Waals surface area contributed by atoms with Crippen LogP contribution in [-0.4, -0.2) is 42.4 Å².